The van der Waals surface area contributed by atoms with Crippen molar-refractivity contribution in [3.05, 3.63) is 24.3 Å². The highest BCUT2D eigenvalue weighted by atomic mass is 19.4. The van der Waals surface area contributed by atoms with Crippen molar-refractivity contribution in [2.24, 2.45) is 0 Å². The largest absolute Gasteiger partial charge is 0.573 e. The Labute approximate surface area is 132 Å². The Morgan fingerprint density at radius 1 is 1.04 bits per heavy atom. The first-order valence-electron chi connectivity index (χ1n) is 7.21. The molecule has 0 unspecified atom stereocenters. The van der Waals surface area contributed by atoms with E-state index in [1.807, 2.05) is 27.7 Å². The van der Waals surface area contributed by atoms with Gasteiger partial charge in [-0.15, -0.1) is 13.2 Å². The number of H-pyrrole nitrogens is 1. The molecule has 8 heteroatoms. The Morgan fingerprint density at radius 2 is 1.65 bits per heavy atom. The van der Waals surface area contributed by atoms with E-state index in [2.05, 4.69) is 9.72 Å². The fourth-order valence-corrected chi connectivity index (χ4v) is 2.42. The van der Waals surface area contributed by atoms with Crippen molar-refractivity contribution in [1.82, 2.24) is 4.98 Å². The van der Waals surface area contributed by atoms with Crippen LogP contribution in [0.1, 0.15) is 27.7 Å². The zero-order chi connectivity index (χ0) is 17.0. The zero-order valence-corrected chi connectivity index (χ0v) is 13.2. The number of halogens is 3. The average molecular weight is 327 g/mol. The van der Waals surface area contributed by atoms with Crippen molar-refractivity contribution in [3.63, 3.8) is 0 Å². The lowest BCUT2D eigenvalue weighted by Gasteiger charge is -2.32. The quantitative estimate of drug-likeness (QED) is 0.860. The van der Waals surface area contributed by atoms with Crippen LogP contribution in [0.4, 0.5) is 13.2 Å². The smallest absolute Gasteiger partial charge is 0.406 e. The lowest BCUT2D eigenvalue weighted by molar-refractivity contribution is -0.274. The molecule has 1 N–H and O–H groups in total. The van der Waals surface area contributed by atoms with Crippen molar-refractivity contribution in [2.45, 2.75) is 45.3 Å². The zero-order valence-electron chi connectivity index (χ0n) is 13.2. The Hall–Kier alpha value is -1.67. The van der Waals surface area contributed by atoms with Crippen LogP contribution in [-0.4, -0.2) is 29.7 Å². The van der Waals surface area contributed by atoms with Gasteiger partial charge in [-0.3, -0.25) is 0 Å². The fourth-order valence-electron chi connectivity index (χ4n) is 2.42. The van der Waals surface area contributed by atoms with Crippen LogP contribution in [0, 0.1) is 0 Å². The molecule has 1 aromatic heterocycles. The molecule has 124 valence electrons. The molecule has 1 saturated heterocycles. The lowest BCUT2D eigenvalue weighted by Crippen LogP contribution is -2.41. The molecule has 0 amide bonds. The van der Waals surface area contributed by atoms with Gasteiger partial charge in [-0.05, 0) is 51.3 Å². The van der Waals surface area contributed by atoms with Crippen molar-refractivity contribution in [3.8, 4) is 5.75 Å². The summed E-state index contributed by atoms with van der Waals surface area (Å²) in [5, 5.41) is 0.754. The molecule has 1 aliphatic rings. The van der Waals surface area contributed by atoms with Gasteiger partial charge in [-0.1, -0.05) is 0 Å². The summed E-state index contributed by atoms with van der Waals surface area (Å²) in [5.41, 5.74) is 0.207. The summed E-state index contributed by atoms with van der Waals surface area (Å²) < 4.78 is 52.7. The van der Waals surface area contributed by atoms with E-state index < -0.39 is 24.7 Å². The normalized spacial score (nSPS) is 20.2. The first-order valence-corrected chi connectivity index (χ1v) is 7.21. The summed E-state index contributed by atoms with van der Waals surface area (Å²) in [5.74, 6) is -0.271. The van der Waals surface area contributed by atoms with Crippen LogP contribution in [0.5, 0.6) is 5.75 Å². The minimum Gasteiger partial charge on any atom is -0.406 e. The maximum Gasteiger partial charge on any atom is 0.573 e. The number of fused-ring (bicyclic) bond motifs is 1. The Bertz CT molecular complexity index is 723. The highest BCUT2D eigenvalue weighted by molar-refractivity contribution is 6.61. The van der Waals surface area contributed by atoms with E-state index in [1.54, 1.807) is 12.1 Å². The minimum absolute atomic E-state index is 0.271. The van der Waals surface area contributed by atoms with Crippen LogP contribution < -0.4 is 10.3 Å². The predicted octanol–water partition coefficient (Wildman–Crippen LogP) is 3.37. The minimum atomic E-state index is -4.71. The van der Waals surface area contributed by atoms with Crippen LogP contribution in [0.25, 0.3) is 10.9 Å². The molecule has 0 atom stereocenters. The number of aromatic amines is 1. The number of ether oxygens (including phenoxy) is 1. The third-order valence-corrected chi connectivity index (χ3v) is 4.36. The molecule has 2 heterocycles. The molecule has 0 aliphatic carbocycles. The topological polar surface area (TPSA) is 43.5 Å². The molecule has 1 aliphatic heterocycles. The van der Waals surface area contributed by atoms with E-state index in [-0.39, 0.29) is 5.75 Å². The van der Waals surface area contributed by atoms with Crippen LogP contribution in [0.2, 0.25) is 0 Å². The molecule has 1 fully saturated rings. The molecule has 23 heavy (non-hydrogen) atoms. The van der Waals surface area contributed by atoms with E-state index >= 15 is 0 Å². The predicted molar refractivity (Wildman–Crippen MR) is 80.7 cm³/mol. The summed E-state index contributed by atoms with van der Waals surface area (Å²) in [4.78, 5) is 3.04. The van der Waals surface area contributed by atoms with Crippen LogP contribution in [0.3, 0.4) is 0 Å². The Morgan fingerprint density at radius 3 is 2.22 bits per heavy atom. The van der Waals surface area contributed by atoms with Gasteiger partial charge in [-0.25, -0.2) is 0 Å². The standard InChI is InChI=1S/C15H17BF3NO3/c1-13(2)14(3,4)23-16(22-13)12-7-9-5-6-10(8-11(9)20-12)21-15(17,18)19/h5-8,20H,1-4H3. The number of hydrogen-bond acceptors (Lipinski definition) is 3. The second kappa shape index (κ2) is 4.91. The number of aromatic nitrogens is 1. The number of rotatable bonds is 2. The monoisotopic (exact) mass is 327 g/mol. The van der Waals surface area contributed by atoms with Gasteiger partial charge in [0.05, 0.1) is 11.2 Å². The molecular weight excluding hydrogens is 310 g/mol. The molecule has 4 nitrogen and oxygen atoms in total. The summed E-state index contributed by atoms with van der Waals surface area (Å²) in [6.07, 6.45) is -4.71. The average Bonchev–Trinajstić information content (AvgIpc) is 2.86. The highest BCUT2D eigenvalue weighted by Crippen LogP contribution is 2.36. The number of alkyl halides is 3. The SMILES string of the molecule is CC1(C)OB(c2cc3ccc(OC(F)(F)F)cc3[nH]2)OC1(C)C. The maximum absolute atomic E-state index is 12.3. The molecular formula is C15H17BF3NO3. The van der Waals surface area contributed by atoms with Crippen LogP contribution in [0.15, 0.2) is 24.3 Å². The van der Waals surface area contributed by atoms with E-state index in [0.29, 0.717) is 11.1 Å². The third kappa shape index (κ3) is 3.05. The second-order valence-corrected chi connectivity index (χ2v) is 6.61. The van der Waals surface area contributed by atoms with Gasteiger partial charge in [0, 0.05) is 17.2 Å². The van der Waals surface area contributed by atoms with Crippen molar-refractivity contribution in [1.29, 1.82) is 0 Å². The summed E-state index contributed by atoms with van der Waals surface area (Å²) in [6, 6.07) is 5.94. The molecule has 0 saturated carbocycles. The first-order chi connectivity index (χ1) is 10.5. The van der Waals surface area contributed by atoms with Gasteiger partial charge in [-0.2, -0.15) is 0 Å². The summed E-state index contributed by atoms with van der Waals surface area (Å²) in [6.45, 7) is 7.74. The summed E-state index contributed by atoms with van der Waals surface area (Å²) in [7, 11) is -0.598. The third-order valence-electron chi connectivity index (χ3n) is 4.36. The number of nitrogens with one attached hydrogen (secondary N) is 1. The molecule has 3 rings (SSSR count). The van der Waals surface area contributed by atoms with Crippen molar-refractivity contribution < 1.29 is 27.2 Å². The molecule has 2 aromatic rings. The second-order valence-electron chi connectivity index (χ2n) is 6.61. The molecule has 0 bridgehead atoms. The van der Waals surface area contributed by atoms with Crippen molar-refractivity contribution in [2.75, 3.05) is 0 Å². The maximum atomic E-state index is 12.3. The van der Waals surface area contributed by atoms with Gasteiger partial charge in [0.25, 0.3) is 0 Å². The van der Waals surface area contributed by atoms with E-state index in [1.165, 1.54) is 12.1 Å². The molecule has 0 radical (unpaired) electrons. The number of hydrogen-bond donors (Lipinski definition) is 1. The lowest BCUT2D eigenvalue weighted by atomic mass is 9.85. The van der Waals surface area contributed by atoms with E-state index in [0.717, 1.165) is 5.39 Å². The van der Waals surface area contributed by atoms with Crippen LogP contribution in [-0.2, 0) is 9.31 Å². The van der Waals surface area contributed by atoms with Gasteiger partial charge in [0.15, 0.2) is 0 Å². The van der Waals surface area contributed by atoms with Gasteiger partial charge in [0.2, 0.25) is 0 Å². The van der Waals surface area contributed by atoms with Gasteiger partial charge >= 0.3 is 13.5 Å². The van der Waals surface area contributed by atoms with Gasteiger partial charge in [0.1, 0.15) is 5.75 Å². The first kappa shape index (κ1) is 16.2. The highest BCUT2D eigenvalue weighted by Gasteiger charge is 2.52. The van der Waals surface area contributed by atoms with Crippen molar-refractivity contribution >= 4 is 23.6 Å². The van der Waals surface area contributed by atoms with E-state index in [4.69, 9.17) is 9.31 Å². The van der Waals surface area contributed by atoms with E-state index in [9.17, 15) is 13.2 Å². The Balaban J connectivity index is 1.89. The van der Waals surface area contributed by atoms with Gasteiger partial charge < -0.3 is 19.0 Å². The fraction of sp³-hybridized carbons (Fsp3) is 0.467. The Kier molecular flexibility index (Phi) is 3.46. The summed E-state index contributed by atoms with van der Waals surface area (Å²) >= 11 is 0. The molecule has 1 aromatic carbocycles. The molecule has 0 spiro atoms. The van der Waals surface area contributed by atoms with Crippen LogP contribution >= 0.6 is 0 Å². The number of benzene rings is 1.